The summed E-state index contributed by atoms with van der Waals surface area (Å²) in [5, 5.41) is 4.42. The number of nitrogens with one attached hydrogen (secondary N) is 1. The molecule has 3 heterocycles. The first-order valence-electron chi connectivity index (χ1n) is 9.37. The first kappa shape index (κ1) is 17.2. The van der Waals surface area contributed by atoms with Crippen molar-refractivity contribution >= 4 is 38.1 Å². The van der Waals surface area contributed by atoms with Crippen LogP contribution in [0.2, 0.25) is 0 Å². The Morgan fingerprint density at radius 2 is 1.96 bits per heavy atom. The molecular formula is C20H20N4O3S. The smallest absolute Gasteiger partial charge is 0.283 e. The van der Waals surface area contributed by atoms with Crippen molar-refractivity contribution in [2.45, 2.75) is 37.3 Å². The summed E-state index contributed by atoms with van der Waals surface area (Å²) in [4.78, 5) is 16.9. The lowest BCUT2D eigenvalue weighted by Crippen LogP contribution is -2.37. The van der Waals surface area contributed by atoms with E-state index in [2.05, 4.69) is 17.2 Å². The van der Waals surface area contributed by atoms with Gasteiger partial charge in [0.05, 0.1) is 11.4 Å². The van der Waals surface area contributed by atoms with E-state index in [0.717, 1.165) is 35.9 Å². The predicted octanol–water partition coefficient (Wildman–Crippen LogP) is 3.08. The van der Waals surface area contributed by atoms with Gasteiger partial charge >= 0.3 is 0 Å². The molecular weight excluding hydrogens is 376 g/mol. The van der Waals surface area contributed by atoms with Gasteiger partial charge in [-0.2, -0.15) is 8.42 Å². The van der Waals surface area contributed by atoms with E-state index >= 15 is 0 Å². The van der Waals surface area contributed by atoms with Gasteiger partial charge < -0.3 is 9.88 Å². The molecule has 1 amide bonds. The van der Waals surface area contributed by atoms with Crippen molar-refractivity contribution in [3.63, 3.8) is 0 Å². The average molecular weight is 396 g/mol. The summed E-state index contributed by atoms with van der Waals surface area (Å²) < 4.78 is 30.2. The molecule has 0 spiro atoms. The number of hydrogen-bond acceptors (Lipinski definition) is 4. The molecule has 0 saturated heterocycles. The third-order valence-corrected chi connectivity index (χ3v) is 7.18. The van der Waals surface area contributed by atoms with Crippen LogP contribution < -0.4 is 9.62 Å². The normalized spacial score (nSPS) is 19.2. The Hall–Kier alpha value is -2.87. The van der Waals surface area contributed by atoms with Gasteiger partial charge in [-0.3, -0.25) is 9.10 Å². The molecule has 8 heteroatoms. The molecule has 0 radical (unpaired) electrons. The zero-order valence-electron chi connectivity index (χ0n) is 15.4. The van der Waals surface area contributed by atoms with E-state index in [1.54, 1.807) is 24.4 Å². The van der Waals surface area contributed by atoms with E-state index < -0.39 is 10.0 Å². The minimum atomic E-state index is -3.98. The van der Waals surface area contributed by atoms with Gasteiger partial charge in [-0.25, -0.2) is 4.98 Å². The molecule has 2 aliphatic heterocycles. The standard InChI is InChI=1S/C20H20N4O3S/c1-13-5-2-10-17-22-19(12-23(13)17)28(26,27)24-11-18(25)21-15-8-3-6-14-7-4-9-16(24)20(14)15/h3-4,6-9,12-13H,2,5,10-11H2,1H3,(H,21,25). The number of fused-ring (bicyclic) bond motifs is 1. The molecule has 1 atom stereocenters. The lowest BCUT2D eigenvalue weighted by molar-refractivity contribution is -0.114. The number of carbonyl (C=O) groups is 1. The van der Waals surface area contributed by atoms with E-state index in [4.69, 9.17) is 0 Å². The first-order chi connectivity index (χ1) is 13.4. The summed E-state index contributed by atoms with van der Waals surface area (Å²) in [5.74, 6) is 0.417. The minimum Gasteiger partial charge on any atom is -0.331 e. The summed E-state index contributed by atoms with van der Waals surface area (Å²) in [7, 11) is -3.98. The predicted molar refractivity (Wildman–Crippen MR) is 107 cm³/mol. The van der Waals surface area contributed by atoms with Crippen LogP contribution in [0, 0.1) is 0 Å². The highest BCUT2D eigenvalue weighted by Gasteiger charge is 2.34. The Kier molecular flexibility index (Phi) is 3.74. The van der Waals surface area contributed by atoms with Crippen molar-refractivity contribution in [3.8, 4) is 0 Å². The Balaban J connectivity index is 1.70. The molecule has 2 aliphatic rings. The fourth-order valence-electron chi connectivity index (χ4n) is 4.16. The Bertz CT molecular complexity index is 1210. The highest BCUT2D eigenvalue weighted by atomic mass is 32.2. The fourth-order valence-corrected chi connectivity index (χ4v) is 5.55. The molecule has 7 nitrogen and oxygen atoms in total. The third kappa shape index (κ3) is 2.51. The fraction of sp³-hybridized carbons (Fsp3) is 0.300. The third-order valence-electron chi connectivity index (χ3n) is 5.55. The topological polar surface area (TPSA) is 84.3 Å². The molecule has 0 fully saturated rings. The van der Waals surface area contributed by atoms with Crippen LogP contribution in [0.5, 0.6) is 0 Å². The van der Waals surface area contributed by atoms with Gasteiger partial charge in [0.1, 0.15) is 12.4 Å². The minimum absolute atomic E-state index is 0.000402. The molecule has 2 aromatic carbocycles. The van der Waals surface area contributed by atoms with Gasteiger partial charge in [0, 0.05) is 24.0 Å². The summed E-state index contributed by atoms with van der Waals surface area (Å²) in [6.07, 6.45) is 4.38. The number of imidazole rings is 1. The van der Waals surface area contributed by atoms with Crippen molar-refractivity contribution in [1.82, 2.24) is 9.55 Å². The number of nitrogens with zero attached hydrogens (tertiary/aromatic N) is 3. The van der Waals surface area contributed by atoms with Crippen molar-refractivity contribution in [3.05, 3.63) is 48.4 Å². The van der Waals surface area contributed by atoms with Crippen molar-refractivity contribution in [2.75, 3.05) is 16.2 Å². The molecule has 0 bridgehead atoms. The van der Waals surface area contributed by atoms with E-state index in [1.807, 2.05) is 22.8 Å². The monoisotopic (exact) mass is 396 g/mol. The van der Waals surface area contributed by atoms with Gasteiger partial charge in [-0.1, -0.05) is 24.3 Å². The van der Waals surface area contributed by atoms with Crippen molar-refractivity contribution in [2.24, 2.45) is 0 Å². The van der Waals surface area contributed by atoms with Gasteiger partial charge in [-0.15, -0.1) is 0 Å². The highest BCUT2D eigenvalue weighted by Crippen LogP contribution is 2.38. The van der Waals surface area contributed by atoms with E-state index in [0.29, 0.717) is 11.4 Å². The Morgan fingerprint density at radius 1 is 1.18 bits per heavy atom. The molecule has 144 valence electrons. The van der Waals surface area contributed by atoms with E-state index in [-0.39, 0.29) is 23.5 Å². The van der Waals surface area contributed by atoms with Gasteiger partial charge in [0.2, 0.25) is 5.91 Å². The molecule has 1 unspecified atom stereocenters. The molecule has 0 aliphatic carbocycles. The number of carbonyl (C=O) groups excluding carboxylic acids is 1. The lowest BCUT2D eigenvalue weighted by atomic mass is 10.1. The first-order valence-corrected chi connectivity index (χ1v) is 10.8. The van der Waals surface area contributed by atoms with Crippen LogP contribution in [-0.2, 0) is 21.2 Å². The molecule has 1 aromatic heterocycles. The van der Waals surface area contributed by atoms with Gasteiger partial charge in [0.15, 0.2) is 5.03 Å². The van der Waals surface area contributed by atoms with Gasteiger partial charge in [-0.05, 0) is 37.3 Å². The SMILES string of the molecule is CC1CCCc2nc(S(=O)(=O)N3CC(=O)Nc4cccc5cccc3c45)cn21. The lowest BCUT2D eigenvalue weighted by Gasteiger charge is -2.22. The zero-order valence-corrected chi connectivity index (χ0v) is 16.2. The quantitative estimate of drug-likeness (QED) is 0.721. The second kappa shape index (κ2) is 6.07. The van der Waals surface area contributed by atoms with Crippen LogP contribution in [0.4, 0.5) is 11.4 Å². The highest BCUT2D eigenvalue weighted by molar-refractivity contribution is 7.92. The number of hydrogen-bond donors (Lipinski definition) is 1. The van der Waals surface area contributed by atoms with Crippen LogP contribution in [-0.4, -0.2) is 30.4 Å². The second-order valence-electron chi connectivity index (χ2n) is 7.38. The maximum absolute atomic E-state index is 13.5. The molecule has 28 heavy (non-hydrogen) atoms. The Labute approximate surface area is 163 Å². The van der Waals surface area contributed by atoms with Crippen LogP contribution in [0.3, 0.4) is 0 Å². The van der Waals surface area contributed by atoms with Crippen molar-refractivity contribution < 1.29 is 13.2 Å². The maximum atomic E-state index is 13.5. The number of aromatic nitrogens is 2. The maximum Gasteiger partial charge on any atom is 0.283 e. The number of benzene rings is 2. The van der Waals surface area contributed by atoms with Crippen LogP contribution >= 0.6 is 0 Å². The second-order valence-corrected chi connectivity index (χ2v) is 9.19. The van der Waals surface area contributed by atoms with E-state index in [1.165, 1.54) is 4.31 Å². The van der Waals surface area contributed by atoms with Crippen LogP contribution in [0.1, 0.15) is 31.6 Å². The largest absolute Gasteiger partial charge is 0.331 e. The summed E-state index contributed by atoms with van der Waals surface area (Å²) >= 11 is 0. The summed E-state index contributed by atoms with van der Waals surface area (Å²) in [5.41, 5.74) is 1.11. The number of anilines is 2. The number of sulfonamides is 1. The summed E-state index contributed by atoms with van der Waals surface area (Å²) in [6, 6.07) is 11.2. The van der Waals surface area contributed by atoms with E-state index in [9.17, 15) is 13.2 Å². The molecule has 1 N–H and O–H groups in total. The van der Waals surface area contributed by atoms with Gasteiger partial charge in [0.25, 0.3) is 10.0 Å². The average Bonchev–Trinajstić information content (AvgIpc) is 3.06. The molecule has 3 aromatic rings. The Morgan fingerprint density at radius 3 is 2.75 bits per heavy atom. The van der Waals surface area contributed by atoms with Crippen molar-refractivity contribution in [1.29, 1.82) is 0 Å². The number of rotatable bonds is 2. The van der Waals surface area contributed by atoms with Crippen LogP contribution in [0.15, 0.2) is 47.6 Å². The molecule has 5 rings (SSSR count). The molecule has 0 saturated carbocycles. The number of aryl methyl sites for hydroxylation is 1. The van der Waals surface area contributed by atoms with Crippen LogP contribution in [0.25, 0.3) is 10.8 Å². The zero-order chi connectivity index (χ0) is 19.5. The summed E-state index contributed by atoms with van der Waals surface area (Å²) in [6.45, 7) is 1.78. The number of amides is 1.